The topological polar surface area (TPSA) is 111 Å². The van der Waals surface area contributed by atoms with E-state index < -0.39 is 5.97 Å². The van der Waals surface area contributed by atoms with Gasteiger partial charge < -0.3 is 23.6 Å². The van der Waals surface area contributed by atoms with Crippen molar-refractivity contribution in [3.8, 4) is 34.5 Å². The maximum atomic E-state index is 12.1. The average molecular weight is 517 g/mol. The van der Waals surface area contributed by atoms with Gasteiger partial charge in [0.2, 0.25) is 5.88 Å². The molecule has 0 atom stereocenters. The van der Waals surface area contributed by atoms with Gasteiger partial charge in [0, 0.05) is 36.0 Å². The fraction of sp³-hybridized carbons (Fsp3) is 0.259. The summed E-state index contributed by atoms with van der Waals surface area (Å²) in [5.41, 5.74) is 4.45. The molecule has 5 rings (SSSR count). The minimum absolute atomic E-state index is 0.0536. The Balaban J connectivity index is 1.52. The summed E-state index contributed by atoms with van der Waals surface area (Å²) in [5, 5.41) is 15.8. The lowest BCUT2D eigenvalue weighted by Crippen LogP contribution is -2.36. The molecule has 3 aromatic heterocycles. The van der Waals surface area contributed by atoms with Gasteiger partial charge in [-0.15, -0.1) is 11.3 Å². The molecule has 1 saturated heterocycles. The van der Waals surface area contributed by atoms with Gasteiger partial charge in [-0.25, -0.2) is 9.78 Å². The Labute approximate surface area is 217 Å². The van der Waals surface area contributed by atoms with Gasteiger partial charge in [-0.3, -0.25) is 0 Å². The van der Waals surface area contributed by atoms with Crippen LogP contribution in [0.15, 0.2) is 52.4 Å². The number of methoxy groups -OCH3 is 1. The van der Waals surface area contributed by atoms with Crippen LogP contribution >= 0.6 is 11.3 Å². The normalized spacial score (nSPS) is 13.3. The van der Waals surface area contributed by atoms with Crippen LogP contribution in [0.4, 0.5) is 5.69 Å². The molecule has 4 aromatic rings. The third-order valence-corrected chi connectivity index (χ3v) is 6.92. The number of hydrogen-bond acceptors (Lipinski definition) is 10. The number of carbonyl (C=O) groups excluding carboxylic acids is 1. The smallest absolute Gasteiger partial charge is 0.339 e. The Morgan fingerprint density at radius 1 is 1.19 bits per heavy atom. The molecule has 0 aliphatic carbocycles. The van der Waals surface area contributed by atoms with Crippen LogP contribution in [-0.2, 0) is 16.1 Å². The van der Waals surface area contributed by atoms with Gasteiger partial charge in [-0.2, -0.15) is 5.26 Å². The summed E-state index contributed by atoms with van der Waals surface area (Å²) in [7, 11) is 1.33. The van der Waals surface area contributed by atoms with Crippen molar-refractivity contribution in [3.63, 3.8) is 0 Å². The van der Waals surface area contributed by atoms with E-state index in [1.807, 2.05) is 31.2 Å². The fourth-order valence-corrected chi connectivity index (χ4v) is 4.88. The fourth-order valence-electron chi connectivity index (χ4n) is 4.11. The second kappa shape index (κ2) is 10.8. The van der Waals surface area contributed by atoms with Crippen LogP contribution in [0.25, 0.3) is 22.6 Å². The van der Waals surface area contributed by atoms with E-state index in [2.05, 4.69) is 16.1 Å². The second-order valence-electron chi connectivity index (χ2n) is 8.36. The molecule has 0 bridgehead atoms. The number of aromatic nitrogens is 2. The molecule has 0 unspecified atom stereocenters. The quantitative estimate of drug-likeness (QED) is 0.318. The van der Waals surface area contributed by atoms with Crippen molar-refractivity contribution in [2.75, 3.05) is 38.3 Å². The van der Waals surface area contributed by atoms with Crippen molar-refractivity contribution < 1.29 is 23.5 Å². The maximum absolute atomic E-state index is 12.1. The molecule has 37 heavy (non-hydrogen) atoms. The van der Waals surface area contributed by atoms with Crippen LogP contribution < -0.4 is 9.64 Å². The number of anilines is 1. The van der Waals surface area contributed by atoms with Crippen LogP contribution in [0.3, 0.4) is 0 Å². The van der Waals surface area contributed by atoms with Crippen molar-refractivity contribution >= 4 is 23.0 Å². The minimum Gasteiger partial charge on any atom is -0.471 e. The van der Waals surface area contributed by atoms with Gasteiger partial charge in [-0.1, -0.05) is 17.3 Å². The van der Waals surface area contributed by atoms with Gasteiger partial charge >= 0.3 is 5.97 Å². The van der Waals surface area contributed by atoms with Crippen molar-refractivity contribution in [2.24, 2.45) is 0 Å². The number of esters is 1. The Hall–Kier alpha value is -4.20. The van der Waals surface area contributed by atoms with E-state index in [4.69, 9.17) is 23.7 Å². The SMILES string of the molecule is COC(=O)c1ccsc1COc1nc(-c2ccc(N3CCOCC3)cc2)cc(-c2cc(C)no2)c1C#N. The van der Waals surface area contributed by atoms with Gasteiger partial charge in [0.1, 0.15) is 18.2 Å². The summed E-state index contributed by atoms with van der Waals surface area (Å²) >= 11 is 1.37. The van der Waals surface area contributed by atoms with E-state index in [1.165, 1.54) is 18.4 Å². The number of ether oxygens (including phenoxy) is 3. The average Bonchev–Trinajstić information content (AvgIpc) is 3.60. The number of benzene rings is 1. The number of carbonyl (C=O) groups is 1. The first-order valence-corrected chi connectivity index (χ1v) is 12.5. The molecule has 0 radical (unpaired) electrons. The summed E-state index contributed by atoms with van der Waals surface area (Å²) in [4.78, 5) is 19.7. The molecule has 1 aromatic carbocycles. The Bertz CT molecular complexity index is 1450. The molecule has 188 valence electrons. The van der Waals surface area contributed by atoms with E-state index in [1.54, 1.807) is 23.6 Å². The van der Waals surface area contributed by atoms with E-state index in [9.17, 15) is 10.1 Å². The molecule has 0 saturated carbocycles. The number of nitriles is 1. The predicted octanol–water partition coefficient (Wildman–Crippen LogP) is 4.85. The number of pyridine rings is 1. The molecule has 9 nitrogen and oxygen atoms in total. The Kier molecular flexibility index (Phi) is 7.16. The summed E-state index contributed by atoms with van der Waals surface area (Å²) in [6.07, 6.45) is 0. The van der Waals surface area contributed by atoms with Gasteiger partial charge in [0.15, 0.2) is 5.76 Å². The minimum atomic E-state index is -0.444. The van der Waals surface area contributed by atoms with Gasteiger partial charge in [0.05, 0.1) is 42.2 Å². The third kappa shape index (κ3) is 5.18. The first-order valence-electron chi connectivity index (χ1n) is 11.7. The van der Waals surface area contributed by atoms with E-state index >= 15 is 0 Å². The number of morpholine rings is 1. The van der Waals surface area contributed by atoms with Crippen LogP contribution in [0, 0.1) is 18.3 Å². The molecule has 0 amide bonds. The van der Waals surface area contributed by atoms with Crippen molar-refractivity contribution in [1.82, 2.24) is 10.1 Å². The Morgan fingerprint density at radius 2 is 1.97 bits per heavy atom. The van der Waals surface area contributed by atoms with Gasteiger partial charge in [-0.05, 0) is 36.6 Å². The highest BCUT2D eigenvalue weighted by molar-refractivity contribution is 7.10. The number of hydrogen-bond donors (Lipinski definition) is 0. The maximum Gasteiger partial charge on any atom is 0.339 e. The zero-order valence-corrected chi connectivity index (χ0v) is 21.2. The molecule has 0 spiro atoms. The number of aryl methyl sites for hydroxylation is 1. The third-order valence-electron chi connectivity index (χ3n) is 6.02. The highest BCUT2D eigenvalue weighted by Crippen LogP contribution is 2.35. The van der Waals surface area contributed by atoms with E-state index in [0.29, 0.717) is 46.4 Å². The second-order valence-corrected chi connectivity index (χ2v) is 9.36. The highest BCUT2D eigenvalue weighted by Gasteiger charge is 2.21. The van der Waals surface area contributed by atoms with Crippen LogP contribution in [-0.4, -0.2) is 49.5 Å². The van der Waals surface area contributed by atoms with Crippen molar-refractivity contribution in [1.29, 1.82) is 5.26 Å². The number of nitrogens with zero attached hydrogens (tertiary/aromatic N) is 4. The molecule has 1 aliphatic rings. The monoisotopic (exact) mass is 516 g/mol. The first-order chi connectivity index (χ1) is 18.1. The number of rotatable bonds is 7. The molecule has 1 aliphatic heterocycles. The molecule has 1 fully saturated rings. The molecule has 4 heterocycles. The number of thiophene rings is 1. The lowest BCUT2D eigenvalue weighted by atomic mass is 10.0. The van der Waals surface area contributed by atoms with Crippen LogP contribution in [0.2, 0.25) is 0 Å². The largest absolute Gasteiger partial charge is 0.471 e. The standard InChI is InChI=1S/C27H24N4O5S/c1-17-13-24(36-30-17)21-14-23(18-3-5-19(6-4-18)31-8-10-34-11-9-31)29-26(22(21)15-28)35-16-25-20(7-12-37-25)27(32)33-2/h3-7,12-14H,8-11,16H2,1-2H3. The summed E-state index contributed by atoms with van der Waals surface area (Å²) in [6, 6.07) is 15.5. The zero-order valence-electron chi connectivity index (χ0n) is 20.4. The van der Waals surface area contributed by atoms with Crippen LogP contribution in [0.5, 0.6) is 5.88 Å². The Morgan fingerprint density at radius 3 is 2.65 bits per heavy atom. The predicted molar refractivity (Wildman–Crippen MR) is 138 cm³/mol. The summed E-state index contributed by atoms with van der Waals surface area (Å²) in [6.45, 7) is 4.98. The van der Waals surface area contributed by atoms with E-state index in [0.717, 1.165) is 24.3 Å². The summed E-state index contributed by atoms with van der Waals surface area (Å²) < 4.78 is 21.8. The molecular formula is C27H24N4O5S. The van der Waals surface area contributed by atoms with Crippen LogP contribution in [0.1, 0.15) is 26.5 Å². The molecular weight excluding hydrogens is 492 g/mol. The summed E-state index contributed by atoms with van der Waals surface area (Å²) in [5.74, 6) is 0.143. The van der Waals surface area contributed by atoms with Crippen molar-refractivity contribution in [3.05, 3.63) is 69.5 Å². The molecule has 10 heteroatoms. The van der Waals surface area contributed by atoms with Gasteiger partial charge in [0.25, 0.3) is 0 Å². The zero-order chi connectivity index (χ0) is 25.8. The van der Waals surface area contributed by atoms with Crippen molar-refractivity contribution in [2.45, 2.75) is 13.5 Å². The first kappa shape index (κ1) is 24.5. The molecule has 0 N–H and O–H groups in total. The highest BCUT2D eigenvalue weighted by atomic mass is 32.1. The van der Waals surface area contributed by atoms with E-state index in [-0.39, 0.29) is 18.1 Å². The lowest BCUT2D eigenvalue weighted by molar-refractivity contribution is 0.0598. The lowest BCUT2D eigenvalue weighted by Gasteiger charge is -2.28.